The summed E-state index contributed by atoms with van der Waals surface area (Å²) in [6, 6.07) is 2.79. The molecular formula is C13H13ClN2O5. The van der Waals surface area contributed by atoms with Gasteiger partial charge in [-0.05, 0) is 31.4 Å². The number of nitro groups is 1. The molecule has 0 saturated carbocycles. The van der Waals surface area contributed by atoms with Crippen LogP contribution in [0, 0.1) is 10.1 Å². The van der Waals surface area contributed by atoms with Crippen molar-refractivity contribution in [2.45, 2.75) is 25.3 Å². The Bertz CT molecular complexity index is 604. The van der Waals surface area contributed by atoms with E-state index in [-0.39, 0.29) is 17.1 Å². The minimum Gasteiger partial charge on any atom is -0.480 e. The average Bonchev–Trinajstić information content (AvgIpc) is 2.46. The van der Waals surface area contributed by atoms with Gasteiger partial charge >= 0.3 is 5.97 Å². The second-order valence-corrected chi connectivity index (χ2v) is 5.20. The monoisotopic (exact) mass is 312 g/mol. The summed E-state index contributed by atoms with van der Waals surface area (Å²) in [5, 5.41) is 20.4. The zero-order valence-electron chi connectivity index (χ0n) is 11.0. The van der Waals surface area contributed by atoms with Crippen molar-refractivity contribution in [2.75, 3.05) is 6.54 Å². The zero-order valence-corrected chi connectivity index (χ0v) is 11.7. The maximum atomic E-state index is 12.5. The molecule has 1 aliphatic rings. The summed E-state index contributed by atoms with van der Waals surface area (Å²) in [6.07, 6.45) is 1.74. The number of likely N-dealkylation sites (tertiary alicyclic amines) is 1. The lowest BCUT2D eigenvalue weighted by Gasteiger charge is -2.32. The van der Waals surface area contributed by atoms with Crippen LogP contribution in [-0.2, 0) is 4.79 Å². The first-order valence-electron chi connectivity index (χ1n) is 6.39. The Kier molecular flexibility index (Phi) is 4.42. The highest BCUT2D eigenvalue weighted by molar-refractivity contribution is 6.31. The van der Waals surface area contributed by atoms with Crippen LogP contribution < -0.4 is 0 Å². The van der Waals surface area contributed by atoms with Crippen molar-refractivity contribution in [2.24, 2.45) is 0 Å². The third-order valence-corrected chi connectivity index (χ3v) is 3.67. The Morgan fingerprint density at radius 3 is 2.71 bits per heavy atom. The Morgan fingerprint density at radius 1 is 1.38 bits per heavy atom. The fourth-order valence-corrected chi connectivity index (χ4v) is 2.59. The molecule has 1 N–H and O–H groups in total. The van der Waals surface area contributed by atoms with Gasteiger partial charge in [0, 0.05) is 17.6 Å². The number of hydrogen-bond donors (Lipinski definition) is 1. The van der Waals surface area contributed by atoms with Crippen LogP contribution in [-0.4, -0.2) is 39.4 Å². The molecule has 1 atom stereocenters. The summed E-state index contributed by atoms with van der Waals surface area (Å²) in [5.74, 6) is -1.75. The Labute approximate surface area is 125 Å². The number of carbonyl (C=O) groups is 2. The quantitative estimate of drug-likeness (QED) is 0.682. The minimum atomic E-state index is -1.10. The van der Waals surface area contributed by atoms with Crippen LogP contribution in [0.25, 0.3) is 0 Å². The molecular weight excluding hydrogens is 300 g/mol. The predicted molar refractivity (Wildman–Crippen MR) is 74.4 cm³/mol. The highest BCUT2D eigenvalue weighted by Gasteiger charge is 2.35. The second kappa shape index (κ2) is 6.09. The zero-order chi connectivity index (χ0) is 15.6. The van der Waals surface area contributed by atoms with Crippen LogP contribution in [0.4, 0.5) is 5.69 Å². The minimum absolute atomic E-state index is 0.141. The number of carboxylic acid groups (broad SMARTS) is 1. The van der Waals surface area contributed by atoms with E-state index in [4.69, 9.17) is 11.6 Å². The topological polar surface area (TPSA) is 101 Å². The van der Waals surface area contributed by atoms with Crippen LogP contribution >= 0.6 is 11.6 Å². The largest absolute Gasteiger partial charge is 0.480 e. The lowest BCUT2D eigenvalue weighted by molar-refractivity contribution is -0.385. The molecule has 8 heteroatoms. The lowest BCUT2D eigenvalue weighted by atomic mass is 10.0. The number of carboxylic acids is 1. The number of halogens is 1. The molecule has 1 aromatic rings. The fraction of sp³-hybridized carbons (Fsp3) is 0.385. The number of nitrogens with zero attached hydrogens (tertiary/aromatic N) is 2. The number of rotatable bonds is 3. The van der Waals surface area contributed by atoms with Crippen LogP contribution in [0.3, 0.4) is 0 Å². The first-order chi connectivity index (χ1) is 9.91. The number of hydrogen-bond acceptors (Lipinski definition) is 4. The van der Waals surface area contributed by atoms with Crippen molar-refractivity contribution in [3.05, 3.63) is 38.9 Å². The van der Waals surface area contributed by atoms with E-state index < -0.39 is 28.5 Å². The van der Waals surface area contributed by atoms with Gasteiger partial charge in [-0.3, -0.25) is 14.9 Å². The van der Waals surface area contributed by atoms with Gasteiger partial charge in [0.2, 0.25) is 0 Å². The summed E-state index contributed by atoms with van der Waals surface area (Å²) < 4.78 is 0. The van der Waals surface area contributed by atoms with E-state index in [1.54, 1.807) is 0 Å². The highest BCUT2D eigenvalue weighted by atomic mass is 35.5. The number of nitro benzene ring substituents is 1. The third-order valence-electron chi connectivity index (χ3n) is 3.44. The molecule has 0 radical (unpaired) electrons. The summed E-state index contributed by atoms with van der Waals surface area (Å²) in [5.41, 5.74) is -0.556. The molecule has 0 aromatic heterocycles. The number of amides is 1. The van der Waals surface area contributed by atoms with Crippen molar-refractivity contribution in [3.8, 4) is 0 Å². The maximum absolute atomic E-state index is 12.5. The van der Waals surface area contributed by atoms with E-state index in [1.807, 2.05) is 0 Å². The SMILES string of the molecule is O=C(O)C1CCCCN1C(=O)c1ccc(Cl)cc1[N+](=O)[O-]. The molecule has 0 spiro atoms. The van der Waals surface area contributed by atoms with Gasteiger partial charge in [-0.15, -0.1) is 0 Å². The number of piperidine rings is 1. The molecule has 21 heavy (non-hydrogen) atoms. The molecule has 0 bridgehead atoms. The summed E-state index contributed by atoms with van der Waals surface area (Å²) in [4.78, 5) is 35.2. The van der Waals surface area contributed by atoms with Crippen molar-refractivity contribution < 1.29 is 19.6 Å². The van der Waals surface area contributed by atoms with E-state index in [9.17, 15) is 24.8 Å². The second-order valence-electron chi connectivity index (χ2n) is 4.77. The molecule has 1 aliphatic heterocycles. The molecule has 2 rings (SSSR count). The Balaban J connectivity index is 2.39. The van der Waals surface area contributed by atoms with Crippen molar-refractivity contribution in [1.29, 1.82) is 0 Å². The highest BCUT2D eigenvalue weighted by Crippen LogP contribution is 2.27. The van der Waals surface area contributed by atoms with Crippen molar-refractivity contribution in [1.82, 2.24) is 4.90 Å². The molecule has 0 aliphatic carbocycles. The van der Waals surface area contributed by atoms with Crippen LogP contribution in [0.15, 0.2) is 18.2 Å². The van der Waals surface area contributed by atoms with E-state index >= 15 is 0 Å². The molecule has 1 saturated heterocycles. The van der Waals surface area contributed by atoms with Crippen LogP contribution in [0.1, 0.15) is 29.6 Å². The molecule has 1 aromatic carbocycles. The van der Waals surface area contributed by atoms with E-state index in [1.165, 1.54) is 17.0 Å². The van der Waals surface area contributed by atoms with Gasteiger partial charge in [0.1, 0.15) is 11.6 Å². The number of benzene rings is 1. The molecule has 1 unspecified atom stereocenters. The van der Waals surface area contributed by atoms with E-state index in [0.717, 1.165) is 6.07 Å². The Hall–Kier alpha value is -2.15. The van der Waals surface area contributed by atoms with E-state index in [0.29, 0.717) is 19.3 Å². The van der Waals surface area contributed by atoms with Gasteiger partial charge in [0.15, 0.2) is 0 Å². The summed E-state index contributed by atoms with van der Waals surface area (Å²) in [7, 11) is 0. The van der Waals surface area contributed by atoms with Gasteiger partial charge in [0.05, 0.1) is 4.92 Å². The Morgan fingerprint density at radius 2 is 2.10 bits per heavy atom. The van der Waals surface area contributed by atoms with Crippen molar-refractivity contribution >= 4 is 29.2 Å². The summed E-state index contributed by atoms with van der Waals surface area (Å²) >= 11 is 5.71. The predicted octanol–water partition coefficient (Wildman–Crippen LogP) is 2.33. The van der Waals surface area contributed by atoms with Crippen molar-refractivity contribution in [3.63, 3.8) is 0 Å². The first-order valence-corrected chi connectivity index (χ1v) is 6.77. The molecule has 1 fully saturated rings. The molecule has 112 valence electrons. The third kappa shape index (κ3) is 3.13. The standard InChI is InChI=1S/C13H13ClN2O5/c14-8-4-5-9(11(7-8)16(20)21)12(17)15-6-2-1-3-10(15)13(18)19/h4-5,7,10H,1-3,6H2,(H,18,19). The maximum Gasteiger partial charge on any atom is 0.326 e. The fourth-order valence-electron chi connectivity index (χ4n) is 2.42. The molecule has 1 heterocycles. The first kappa shape index (κ1) is 15.2. The smallest absolute Gasteiger partial charge is 0.326 e. The van der Waals surface area contributed by atoms with Gasteiger partial charge in [-0.25, -0.2) is 4.79 Å². The lowest BCUT2D eigenvalue weighted by Crippen LogP contribution is -2.48. The summed E-state index contributed by atoms with van der Waals surface area (Å²) in [6.45, 7) is 0.273. The van der Waals surface area contributed by atoms with Gasteiger partial charge in [0.25, 0.3) is 11.6 Å². The molecule has 7 nitrogen and oxygen atoms in total. The number of carbonyl (C=O) groups excluding carboxylic acids is 1. The van der Waals surface area contributed by atoms with Gasteiger partial charge in [-0.1, -0.05) is 11.6 Å². The normalized spacial score (nSPS) is 18.3. The van der Waals surface area contributed by atoms with Crippen LogP contribution in [0.2, 0.25) is 5.02 Å². The van der Waals surface area contributed by atoms with E-state index in [2.05, 4.69) is 0 Å². The van der Waals surface area contributed by atoms with Gasteiger partial charge in [-0.2, -0.15) is 0 Å². The van der Waals surface area contributed by atoms with Crippen LogP contribution in [0.5, 0.6) is 0 Å². The van der Waals surface area contributed by atoms with Gasteiger partial charge < -0.3 is 10.0 Å². The average molecular weight is 313 g/mol. The molecule has 1 amide bonds. The number of aliphatic carboxylic acids is 1.